The zero-order chi connectivity index (χ0) is 12.6. The van der Waals surface area contributed by atoms with Gasteiger partial charge in [-0.3, -0.25) is 0 Å². The maximum Gasteiger partial charge on any atom is 0.416 e. The summed E-state index contributed by atoms with van der Waals surface area (Å²) in [6.07, 6.45) is -4.35. The molecule has 0 aliphatic rings. The van der Waals surface area contributed by atoms with Gasteiger partial charge in [0.1, 0.15) is 0 Å². The van der Waals surface area contributed by atoms with Crippen molar-refractivity contribution in [2.45, 2.75) is 33.0 Å². The first-order valence-corrected chi connectivity index (χ1v) is 5.05. The Bertz CT molecular complexity index is 369. The monoisotopic (exact) mass is 267 g/mol. The molecule has 0 aliphatic heterocycles. The second kappa shape index (κ2) is 5.27. The van der Waals surface area contributed by atoms with Crippen LogP contribution >= 0.6 is 12.4 Å². The van der Waals surface area contributed by atoms with Crippen molar-refractivity contribution in [2.24, 2.45) is 11.1 Å². The van der Waals surface area contributed by atoms with Gasteiger partial charge in [0.05, 0.1) is 5.56 Å². The van der Waals surface area contributed by atoms with Crippen LogP contribution in [0.1, 0.15) is 37.9 Å². The Hall–Kier alpha value is -0.740. The Labute approximate surface area is 106 Å². The number of halogens is 4. The zero-order valence-corrected chi connectivity index (χ0v) is 10.8. The van der Waals surface area contributed by atoms with E-state index in [-0.39, 0.29) is 18.0 Å². The van der Waals surface area contributed by atoms with Gasteiger partial charge >= 0.3 is 6.18 Å². The summed E-state index contributed by atoms with van der Waals surface area (Å²) in [5.41, 5.74) is 4.98. The van der Waals surface area contributed by atoms with Gasteiger partial charge in [-0.2, -0.15) is 13.2 Å². The number of benzene rings is 1. The number of hydrogen-bond acceptors (Lipinski definition) is 1. The summed E-state index contributed by atoms with van der Waals surface area (Å²) in [7, 11) is 0. The van der Waals surface area contributed by atoms with Crippen molar-refractivity contribution >= 4 is 12.4 Å². The van der Waals surface area contributed by atoms with Crippen LogP contribution in [0.4, 0.5) is 13.2 Å². The van der Waals surface area contributed by atoms with Gasteiger partial charge in [-0.25, -0.2) is 0 Å². The molecule has 0 heterocycles. The van der Waals surface area contributed by atoms with Crippen LogP contribution in [0.15, 0.2) is 24.3 Å². The average Bonchev–Trinajstić information content (AvgIpc) is 2.14. The van der Waals surface area contributed by atoms with Crippen LogP contribution in [0, 0.1) is 5.41 Å². The summed E-state index contributed by atoms with van der Waals surface area (Å²) in [6, 6.07) is 4.84. The largest absolute Gasteiger partial charge is 0.416 e. The minimum absolute atomic E-state index is 0. The fourth-order valence-corrected chi connectivity index (χ4v) is 1.49. The van der Waals surface area contributed by atoms with Gasteiger partial charge in [0, 0.05) is 6.04 Å². The van der Waals surface area contributed by atoms with E-state index in [1.165, 1.54) is 12.1 Å². The SMILES string of the molecule is CC(C)(C)[C@@H](N)c1ccccc1C(F)(F)F.Cl. The molecule has 1 nitrogen and oxygen atoms in total. The van der Waals surface area contributed by atoms with Crippen LogP contribution in [0.25, 0.3) is 0 Å². The molecule has 0 spiro atoms. The van der Waals surface area contributed by atoms with E-state index in [9.17, 15) is 13.2 Å². The molecule has 1 aromatic carbocycles. The first-order valence-electron chi connectivity index (χ1n) is 5.05. The third kappa shape index (κ3) is 3.89. The molecule has 17 heavy (non-hydrogen) atoms. The van der Waals surface area contributed by atoms with Crippen molar-refractivity contribution in [3.8, 4) is 0 Å². The summed E-state index contributed by atoms with van der Waals surface area (Å²) >= 11 is 0. The van der Waals surface area contributed by atoms with Crippen LogP contribution in [0.2, 0.25) is 0 Å². The van der Waals surface area contributed by atoms with E-state index >= 15 is 0 Å². The third-order valence-electron chi connectivity index (χ3n) is 2.53. The smallest absolute Gasteiger partial charge is 0.324 e. The Morgan fingerprint density at radius 2 is 1.53 bits per heavy atom. The van der Waals surface area contributed by atoms with Gasteiger partial charge in [0.15, 0.2) is 0 Å². The molecule has 1 atom stereocenters. The highest BCUT2D eigenvalue weighted by Gasteiger charge is 2.36. The van der Waals surface area contributed by atoms with Crippen molar-refractivity contribution in [2.75, 3.05) is 0 Å². The number of alkyl halides is 3. The van der Waals surface area contributed by atoms with E-state index in [1.54, 1.807) is 6.07 Å². The highest BCUT2D eigenvalue weighted by molar-refractivity contribution is 5.85. The van der Waals surface area contributed by atoms with Gasteiger partial charge < -0.3 is 5.73 Å². The fourth-order valence-electron chi connectivity index (χ4n) is 1.49. The minimum atomic E-state index is -4.35. The minimum Gasteiger partial charge on any atom is -0.324 e. The molecular formula is C12H17ClF3N. The maximum atomic E-state index is 12.7. The molecule has 0 fully saturated rings. The summed E-state index contributed by atoms with van der Waals surface area (Å²) < 4.78 is 38.2. The molecule has 5 heteroatoms. The van der Waals surface area contributed by atoms with Crippen molar-refractivity contribution in [3.63, 3.8) is 0 Å². The molecular weight excluding hydrogens is 251 g/mol. The zero-order valence-electron chi connectivity index (χ0n) is 10.0. The third-order valence-corrected chi connectivity index (χ3v) is 2.53. The first kappa shape index (κ1) is 16.3. The number of hydrogen-bond donors (Lipinski definition) is 1. The molecule has 0 amide bonds. The van der Waals surface area contributed by atoms with E-state index in [4.69, 9.17) is 5.73 Å². The lowest BCUT2D eigenvalue weighted by atomic mass is 9.81. The van der Waals surface area contributed by atoms with E-state index in [0.717, 1.165) is 6.07 Å². The molecule has 0 saturated carbocycles. The van der Waals surface area contributed by atoms with Gasteiger partial charge in [0.25, 0.3) is 0 Å². The van der Waals surface area contributed by atoms with Crippen molar-refractivity contribution in [3.05, 3.63) is 35.4 Å². The van der Waals surface area contributed by atoms with E-state index in [2.05, 4.69) is 0 Å². The lowest BCUT2D eigenvalue weighted by Gasteiger charge is -2.29. The van der Waals surface area contributed by atoms with E-state index in [1.807, 2.05) is 20.8 Å². The molecule has 0 unspecified atom stereocenters. The maximum absolute atomic E-state index is 12.7. The van der Waals surface area contributed by atoms with Crippen molar-refractivity contribution in [1.29, 1.82) is 0 Å². The number of rotatable bonds is 1. The molecule has 1 rings (SSSR count). The van der Waals surface area contributed by atoms with E-state index < -0.39 is 23.2 Å². The summed E-state index contributed by atoms with van der Waals surface area (Å²) in [5.74, 6) is 0. The molecule has 0 radical (unpaired) electrons. The first-order chi connectivity index (χ1) is 7.14. The van der Waals surface area contributed by atoms with Crippen LogP contribution in [-0.4, -0.2) is 0 Å². The Balaban J connectivity index is 0.00000256. The highest BCUT2D eigenvalue weighted by Crippen LogP contribution is 2.38. The molecule has 0 bridgehead atoms. The van der Waals surface area contributed by atoms with Crippen LogP contribution < -0.4 is 5.73 Å². The van der Waals surface area contributed by atoms with Crippen LogP contribution in [-0.2, 0) is 6.18 Å². The van der Waals surface area contributed by atoms with Crippen LogP contribution in [0.5, 0.6) is 0 Å². The highest BCUT2D eigenvalue weighted by atomic mass is 35.5. The number of nitrogens with two attached hydrogens (primary N) is 1. The second-order valence-electron chi connectivity index (χ2n) is 4.93. The second-order valence-corrected chi connectivity index (χ2v) is 4.93. The predicted molar refractivity (Wildman–Crippen MR) is 65.1 cm³/mol. The summed E-state index contributed by atoms with van der Waals surface area (Å²) in [4.78, 5) is 0. The van der Waals surface area contributed by atoms with Gasteiger partial charge in [0.2, 0.25) is 0 Å². The van der Waals surface area contributed by atoms with Gasteiger partial charge in [-0.05, 0) is 17.0 Å². The average molecular weight is 268 g/mol. The predicted octanol–water partition coefficient (Wildman–Crippen LogP) is 4.17. The Kier molecular flexibility index (Phi) is 5.04. The molecule has 0 saturated heterocycles. The quantitative estimate of drug-likeness (QED) is 0.812. The molecule has 0 aromatic heterocycles. The molecule has 0 aliphatic carbocycles. The lowest BCUT2D eigenvalue weighted by molar-refractivity contribution is -0.138. The standard InChI is InChI=1S/C12H16F3N.ClH/c1-11(2,3)10(16)8-6-4-5-7-9(8)12(13,14)15;/h4-7,10H,16H2,1-3H3;1H/t10-;/m0./s1. The van der Waals surface area contributed by atoms with Crippen molar-refractivity contribution < 1.29 is 13.2 Å². The summed E-state index contributed by atoms with van der Waals surface area (Å²) in [5, 5.41) is 0. The van der Waals surface area contributed by atoms with Gasteiger partial charge in [-0.1, -0.05) is 39.0 Å². The Morgan fingerprint density at radius 3 is 1.94 bits per heavy atom. The van der Waals surface area contributed by atoms with E-state index in [0.29, 0.717) is 0 Å². The fraction of sp³-hybridized carbons (Fsp3) is 0.500. The van der Waals surface area contributed by atoms with Crippen molar-refractivity contribution in [1.82, 2.24) is 0 Å². The molecule has 2 N–H and O–H groups in total. The lowest BCUT2D eigenvalue weighted by Crippen LogP contribution is -2.28. The normalized spacial score (nSPS) is 14.1. The van der Waals surface area contributed by atoms with Gasteiger partial charge in [-0.15, -0.1) is 12.4 Å². The summed E-state index contributed by atoms with van der Waals surface area (Å²) in [6.45, 7) is 5.47. The molecule has 98 valence electrons. The molecule has 1 aromatic rings. The van der Waals surface area contributed by atoms with Crippen LogP contribution in [0.3, 0.4) is 0 Å². The Morgan fingerprint density at radius 1 is 1.06 bits per heavy atom. The topological polar surface area (TPSA) is 26.0 Å².